The van der Waals surface area contributed by atoms with Crippen molar-refractivity contribution in [1.82, 2.24) is 5.32 Å². The van der Waals surface area contributed by atoms with Gasteiger partial charge in [-0.15, -0.1) is 0 Å². The number of ether oxygens (including phenoxy) is 1. The van der Waals surface area contributed by atoms with Crippen LogP contribution in [0.5, 0.6) is 0 Å². The number of carbonyl (C=O) groups is 1. The van der Waals surface area contributed by atoms with Crippen molar-refractivity contribution in [3.8, 4) is 0 Å². The molecule has 0 saturated heterocycles. The van der Waals surface area contributed by atoms with Crippen molar-refractivity contribution in [3.63, 3.8) is 0 Å². The maximum absolute atomic E-state index is 10.4. The van der Waals surface area contributed by atoms with Crippen molar-refractivity contribution in [1.29, 1.82) is 0 Å². The minimum Gasteiger partial charge on any atom is -0.463 e. The van der Waals surface area contributed by atoms with E-state index in [9.17, 15) is 4.79 Å². The summed E-state index contributed by atoms with van der Waals surface area (Å²) in [6.45, 7) is 6.48. The van der Waals surface area contributed by atoms with Gasteiger partial charge in [-0.05, 0) is 27.9 Å². The summed E-state index contributed by atoms with van der Waals surface area (Å²) in [4.78, 5) is 10.4. The molecule has 0 aliphatic heterocycles. The van der Waals surface area contributed by atoms with E-state index >= 15 is 0 Å². The largest absolute Gasteiger partial charge is 0.463 e. The first-order chi connectivity index (χ1) is 7.90. The maximum Gasteiger partial charge on any atom is 0.333 e. The summed E-state index contributed by atoms with van der Waals surface area (Å²) in [5.41, 5.74) is 0.451. The highest BCUT2D eigenvalue weighted by Crippen LogP contribution is 1.89. The van der Waals surface area contributed by atoms with Gasteiger partial charge in [0.2, 0.25) is 0 Å². The predicted octanol–water partition coefficient (Wildman–Crippen LogP) is -0.707. The molecule has 6 heteroatoms. The van der Waals surface area contributed by atoms with E-state index in [1.54, 1.807) is 13.8 Å². The Morgan fingerprint density at radius 1 is 1.35 bits per heavy atom. The van der Waals surface area contributed by atoms with E-state index in [1.165, 1.54) is 0 Å². The molecule has 0 rings (SSSR count). The van der Waals surface area contributed by atoms with E-state index in [1.807, 2.05) is 14.1 Å². The van der Waals surface area contributed by atoms with Crippen LogP contribution in [0.4, 0.5) is 0 Å². The number of rotatable bonds is 4. The normalized spacial score (nSPS) is 8.47. The van der Waals surface area contributed by atoms with Gasteiger partial charge in [0.15, 0.2) is 0 Å². The van der Waals surface area contributed by atoms with Crippen LogP contribution in [0.25, 0.3) is 0 Å². The van der Waals surface area contributed by atoms with Crippen LogP contribution >= 0.6 is 0 Å². The molecule has 0 amide bonds. The van der Waals surface area contributed by atoms with Crippen molar-refractivity contribution >= 4 is 5.97 Å². The lowest BCUT2D eigenvalue weighted by Gasteiger charge is -1.96. The molecule has 0 bridgehead atoms. The third-order valence-electron chi connectivity index (χ3n) is 1.05. The van der Waals surface area contributed by atoms with Crippen LogP contribution in [0.1, 0.15) is 13.8 Å². The summed E-state index contributed by atoms with van der Waals surface area (Å²) < 4.78 is 4.56. The van der Waals surface area contributed by atoms with E-state index in [2.05, 4.69) is 16.6 Å². The Bertz CT molecular complexity index is 181. The Morgan fingerprint density at radius 3 is 1.76 bits per heavy atom. The van der Waals surface area contributed by atoms with Crippen LogP contribution < -0.4 is 5.32 Å². The van der Waals surface area contributed by atoms with E-state index < -0.39 is 6.10 Å². The molecule has 0 saturated carbocycles. The average Bonchev–Trinajstić information content (AvgIpc) is 2.30. The zero-order chi connectivity index (χ0) is 14.3. The van der Waals surface area contributed by atoms with E-state index in [0.717, 1.165) is 0 Å². The van der Waals surface area contributed by atoms with Crippen LogP contribution in [0.15, 0.2) is 12.2 Å². The minimum absolute atomic E-state index is 0.312. The SMILES string of the molecule is C=C(C)C(=O)OCC.CNC.OCC(O)CO. The van der Waals surface area contributed by atoms with Gasteiger partial charge >= 0.3 is 5.97 Å². The quantitative estimate of drug-likeness (QED) is 0.389. The lowest BCUT2D eigenvalue weighted by molar-refractivity contribution is -0.138. The van der Waals surface area contributed by atoms with E-state index in [-0.39, 0.29) is 19.2 Å². The lowest BCUT2D eigenvalue weighted by Crippen LogP contribution is -2.15. The zero-order valence-corrected chi connectivity index (χ0v) is 11.1. The molecule has 0 aliphatic carbocycles. The summed E-state index contributed by atoms with van der Waals surface area (Å²) in [6.07, 6.45) is -0.954. The third-order valence-corrected chi connectivity index (χ3v) is 1.05. The van der Waals surface area contributed by atoms with Gasteiger partial charge in [0, 0.05) is 5.57 Å². The smallest absolute Gasteiger partial charge is 0.333 e. The fourth-order valence-electron chi connectivity index (χ4n) is 0.312. The van der Waals surface area contributed by atoms with Gasteiger partial charge < -0.3 is 25.4 Å². The fourth-order valence-corrected chi connectivity index (χ4v) is 0.312. The summed E-state index contributed by atoms with van der Waals surface area (Å²) in [6, 6.07) is 0. The van der Waals surface area contributed by atoms with Gasteiger partial charge in [-0.2, -0.15) is 0 Å². The van der Waals surface area contributed by atoms with Gasteiger partial charge in [-0.25, -0.2) is 4.79 Å². The molecule has 104 valence electrons. The van der Waals surface area contributed by atoms with Crippen LogP contribution in [0.2, 0.25) is 0 Å². The molecule has 0 aromatic rings. The number of aliphatic hydroxyl groups excluding tert-OH is 3. The monoisotopic (exact) mass is 251 g/mol. The molecule has 0 heterocycles. The van der Waals surface area contributed by atoms with Crippen LogP contribution in [-0.2, 0) is 9.53 Å². The summed E-state index contributed by atoms with van der Waals surface area (Å²) >= 11 is 0. The number of esters is 1. The second-order valence-electron chi connectivity index (χ2n) is 3.02. The molecule has 0 aliphatic rings. The van der Waals surface area contributed by atoms with Gasteiger partial charge in [-0.1, -0.05) is 6.58 Å². The number of aliphatic hydroxyl groups is 3. The predicted molar refractivity (Wildman–Crippen MR) is 66.6 cm³/mol. The first kappa shape index (κ1) is 21.3. The van der Waals surface area contributed by atoms with Gasteiger partial charge in [0.05, 0.1) is 19.8 Å². The van der Waals surface area contributed by atoms with Crippen LogP contribution in [0.3, 0.4) is 0 Å². The molecular weight excluding hydrogens is 226 g/mol. The molecule has 17 heavy (non-hydrogen) atoms. The highest BCUT2D eigenvalue weighted by molar-refractivity contribution is 5.86. The molecule has 0 unspecified atom stereocenters. The zero-order valence-electron chi connectivity index (χ0n) is 11.1. The number of carbonyl (C=O) groups excluding carboxylic acids is 1. The fraction of sp³-hybridized carbons (Fsp3) is 0.727. The van der Waals surface area contributed by atoms with Gasteiger partial charge in [0.1, 0.15) is 6.10 Å². The Kier molecular flexibility index (Phi) is 21.9. The molecule has 4 N–H and O–H groups in total. The third kappa shape index (κ3) is 25.4. The second-order valence-corrected chi connectivity index (χ2v) is 3.02. The molecule has 0 radical (unpaired) electrons. The molecule has 6 nitrogen and oxygen atoms in total. The highest BCUT2D eigenvalue weighted by Gasteiger charge is 1.98. The topological polar surface area (TPSA) is 99.0 Å². The first-order valence-electron chi connectivity index (χ1n) is 5.21. The van der Waals surface area contributed by atoms with Crippen molar-refractivity contribution in [3.05, 3.63) is 12.2 Å². The average molecular weight is 251 g/mol. The van der Waals surface area contributed by atoms with Gasteiger partial charge in [0.25, 0.3) is 0 Å². The molecule has 0 fully saturated rings. The standard InChI is InChI=1S/C6H10O2.C3H8O3.C2H7N/c1-4-8-6(7)5(2)3;4-1-3(6)2-5;1-3-2/h2,4H2,1,3H3;3-6H,1-2H2;3H,1-2H3. The van der Waals surface area contributed by atoms with E-state index in [0.29, 0.717) is 12.2 Å². The molecule has 0 spiro atoms. The number of nitrogens with one attached hydrogen (secondary N) is 1. The van der Waals surface area contributed by atoms with E-state index in [4.69, 9.17) is 15.3 Å². The Balaban J connectivity index is -0.000000193. The van der Waals surface area contributed by atoms with Crippen molar-refractivity contribution in [2.45, 2.75) is 20.0 Å². The molecule has 0 aromatic carbocycles. The van der Waals surface area contributed by atoms with Crippen LogP contribution in [0, 0.1) is 0 Å². The summed E-state index contributed by atoms with van der Waals surface area (Å²) in [5, 5.41) is 26.8. The van der Waals surface area contributed by atoms with Gasteiger partial charge in [-0.3, -0.25) is 0 Å². The Labute approximate surface area is 103 Å². The van der Waals surface area contributed by atoms with Crippen LogP contribution in [-0.4, -0.2) is 61.3 Å². The van der Waals surface area contributed by atoms with Crippen molar-refractivity contribution < 1.29 is 24.9 Å². The molecule has 0 aromatic heterocycles. The minimum atomic E-state index is -0.954. The maximum atomic E-state index is 10.4. The summed E-state index contributed by atoms with van der Waals surface area (Å²) in [5.74, 6) is -0.312. The Hall–Kier alpha value is -0.950. The second kappa shape index (κ2) is 17.4. The van der Waals surface area contributed by atoms with Crippen molar-refractivity contribution in [2.24, 2.45) is 0 Å². The Morgan fingerprint density at radius 2 is 1.71 bits per heavy atom. The highest BCUT2D eigenvalue weighted by atomic mass is 16.5. The molecular formula is C11H25NO5. The number of hydrogen-bond donors (Lipinski definition) is 4. The molecule has 0 atom stereocenters. The first-order valence-corrected chi connectivity index (χ1v) is 5.21. The lowest BCUT2D eigenvalue weighted by atomic mass is 10.4. The summed E-state index contributed by atoms with van der Waals surface area (Å²) in [7, 11) is 3.75. The van der Waals surface area contributed by atoms with Crippen molar-refractivity contribution in [2.75, 3.05) is 33.9 Å². The number of hydrogen-bond acceptors (Lipinski definition) is 6.